The first-order chi connectivity index (χ1) is 8.93. The minimum atomic E-state index is 1.03. The summed E-state index contributed by atoms with van der Waals surface area (Å²) in [6, 6.07) is 16.6. The van der Waals surface area contributed by atoms with Crippen LogP contribution in [-0.4, -0.2) is 9.38 Å². The van der Waals surface area contributed by atoms with Gasteiger partial charge in [0.05, 0.1) is 21.4 Å². The van der Waals surface area contributed by atoms with Gasteiger partial charge in [-0.1, -0.05) is 18.2 Å². The molecule has 0 amide bonds. The lowest BCUT2D eigenvalue weighted by atomic mass is 10.2. The van der Waals surface area contributed by atoms with Crippen molar-refractivity contribution in [1.29, 1.82) is 0 Å². The summed E-state index contributed by atoms with van der Waals surface area (Å²) in [6.07, 6.45) is 2.09. The van der Waals surface area contributed by atoms with Gasteiger partial charge >= 0.3 is 0 Å². The predicted molar refractivity (Wildman–Crippen MR) is 76.0 cm³/mol. The van der Waals surface area contributed by atoms with E-state index in [9.17, 15) is 0 Å². The molecule has 3 heteroatoms. The van der Waals surface area contributed by atoms with Gasteiger partial charge in [-0.2, -0.15) is 0 Å². The fraction of sp³-hybridized carbons (Fsp3) is 0. The van der Waals surface area contributed by atoms with Crippen LogP contribution in [0.4, 0.5) is 0 Å². The number of rotatable bonds is 1. The highest BCUT2D eigenvalue weighted by Crippen LogP contribution is 2.29. The second-order valence-corrected chi connectivity index (χ2v) is 5.14. The van der Waals surface area contributed by atoms with E-state index in [1.54, 1.807) is 11.3 Å². The zero-order chi connectivity index (χ0) is 11.9. The molecule has 0 fully saturated rings. The number of hydrogen-bond donors (Lipinski definition) is 0. The normalized spacial score (nSPS) is 11.3. The van der Waals surface area contributed by atoms with Crippen LogP contribution in [0.25, 0.3) is 27.1 Å². The Balaban J connectivity index is 2.21. The van der Waals surface area contributed by atoms with Crippen molar-refractivity contribution >= 4 is 27.9 Å². The van der Waals surface area contributed by atoms with Gasteiger partial charge in [0.15, 0.2) is 0 Å². The van der Waals surface area contributed by atoms with Crippen LogP contribution in [-0.2, 0) is 0 Å². The van der Waals surface area contributed by atoms with E-state index in [4.69, 9.17) is 4.98 Å². The van der Waals surface area contributed by atoms with Crippen LogP contribution in [0.3, 0.4) is 0 Å². The molecule has 0 saturated carbocycles. The Morgan fingerprint density at radius 3 is 2.67 bits per heavy atom. The molecule has 86 valence electrons. The Labute approximate surface area is 108 Å². The highest BCUT2D eigenvalue weighted by atomic mass is 32.1. The van der Waals surface area contributed by atoms with Crippen LogP contribution in [0.5, 0.6) is 0 Å². The topological polar surface area (TPSA) is 17.3 Å². The first-order valence-electron chi connectivity index (χ1n) is 5.83. The van der Waals surface area contributed by atoms with E-state index in [1.165, 1.54) is 4.88 Å². The van der Waals surface area contributed by atoms with Crippen LogP contribution in [0.1, 0.15) is 0 Å². The van der Waals surface area contributed by atoms with Gasteiger partial charge in [-0.15, -0.1) is 11.3 Å². The molecule has 4 rings (SSSR count). The predicted octanol–water partition coefficient (Wildman–Crippen LogP) is 4.22. The summed E-state index contributed by atoms with van der Waals surface area (Å²) in [6.45, 7) is 0. The van der Waals surface area contributed by atoms with Gasteiger partial charge in [-0.3, -0.25) is 0 Å². The van der Waals surface area contributed by atoms with Crippen molar-refractivity contribution in [1.82, 2.24) is 9.38 Å². The summed E-state index contributed by atoms with van der Waals surface area (Å²) in [7, 11) is 0. The number of aromatic nitrogens is 2. The summed E-state index contributed by atoms with van der Waals surface area (Å²) in [5.41, 5.74) is 4.41. The molecule has 18 heavy (non-hydrogen) atoms. The van der Waals surface area contributed by atoms with E-state index in [2.05, 4.69) is 52.4 Å². The van der Waals surface area contributed by atoms with Crippen molar-refractivity contribution in [2.24, 2.45) is 0 Å². The molecule has 0 radical (unpaired) electrons. The van der Waals surface area contributed by atoms with Gasteiger partial charge in [-0.25, -0.2) is 4.98 Å². The molecule has 0 spiro atoms. The van der Waals surface area contributed by atoms with Gasteiger partial charge in [-0.05, 0) is 35.7 Å². The third-order valence-electron chi connectivity index (χ3n) is 3.12. The molecule has 1 aromatic carbocycles. The van der Waals surface area contributed by atoms with Crippen molar-refractivity contribution < 1.29 is 0 Å². The molecular weight excluding hydrogens is 240 g/mol. The number of para-hydroxylation sites is 2. The summed E-state index contributed by atoms with van der Waals surface area (Å²) in [5.74, 6) is 0. The summed E-state index contributed by atoms with van der Waals surface area (Å²) < 4.78 is 2.21. The largest absolute Gasteiger partial charge is 0.313 e. The first-order valence-corrected chi connectivity index (χ1v) is 6.71. The Morgan fingerprint density at radius 2 is 1.78 bits per heavy atom. The average Bonchev–Trinajstić information content (AvgIpc) is 3.09. The van der Waals surface area contributed by atoms with Crippen LogP contribution in [0.15, 0.2) is 60.1 Å². The SMILES string of the molecule is c1csc(-c2nc3ccccc3n3cccc23)c1. The highest BCUT2D eigenvalue weighted by Gasteiger charge is 2.09. The molecule has 0 N–H and O–H groups in total. The number of thiophene rings is 1. The van der Waals surface area contributed by atoms with E-state index < -0.39 is 0 Å². The molecule has 4 aromatic rings. The van der Waals surface area contributed by atoms with Gasteiger partial charge in [0.25, 0.3) is 0 Å². The number of fused-ring (bicyclic) bond motifs is 3. The fourth-order valence-electron chi connectivity index (χ4n) is 2.32. The Kier molecular flexibility index (Phi) is 2.02. The van der Waals surface area contributed by atoms with Crippen LogP contribution in [0, 0.1) is 0 Å². The zero-order valence-corrected chi connectivity index (χ0v) is 10.4. The molecule has 0 aliphatic heterocycles. The lowest BCUT2D eigenvalue weighted by Crippen LogP contribution is -1.92. The monoisotopic (exact) mass is 250 g/mol. The van der Waals surface area contributed by atoms with Gasteiger partial charge in [0.1, 0.15) is 5.69 Å². The Morgan fingerprint density at radius 1 is 0.889 bits per heavy atom. The number of benzene rings is 1. The molecule has 0 aliphatic rings. The number of nitrogens with zero attached hydrogens (tertiary/aromatic N) is 2. The standard InChI is InChI=1S/C15H10N2S/c1-2-6-12-11(5-1)16-15(14-8-4-10-18-14)13-7-3-9-17(12)13/h1-10H. The molecule has 0 saturated heterocycles. The van der Waals surface area contributed by atoms with E-state index >= 15 is 0 Å². The van der Waals surface area contributed by atoms with E-state index in [1.807, 2.05) is 12.1 Å². The maximum absolute atomic E-state index is 4.81. The molecule has 0 bridgehead atoms. The maximum Gasteiger partial charge on any atom is 0.105 e. The smallest absolute Gasteiger partial charge is 0.105 e. The van der Waals surface area contributed by atoms with E-state index in [0.29, 0.717) is 0 Å². The van der Waals surface area contributed by atoms with Crippen molar-refractivity contribution in [3.63, 3.8) is 0 Å². The van der Waals surface area contributed by atoms with Crippen molar-refractivity contribution in [3.05, 3.63) is 60.1 Å². The molecule has 0 aliphatic carbocycles. The van der Waals surface area contributed by atoms with E-state index in [0.717, 1.165) is 22.2 Å². The molecular formula is C15H10N2S. The fourth-order valence-corrected chi connectivity index (χ4v) is 3.04. The van der Waals surface area contributed by atoms with Crippen LogP contribution in [0.2, 0.25) is 0 Å². The Hall–Kier alpha value is -2.13. The second-order valence-electron chi connectivity index (χ2n) is 4.19. The highest BCUT2D eigenvalue weighted by molar-refractivity contribution is 7.13. The quantitative estimate of drug-likeness (QED) is 0.494. The lowest BCUT2D eigenvalue weighted by Gasteiger charge is -2.06. The third-order valence-corrected chi connectivity index (χ3v) is 4.00. The minimum absolute atomic E-state index is 1.03. The van der Waals surface area contributed by atoms with Crippen LogP contribution < -0.4 is 0 Å². The van der Waals surface area contributed by atoms with E-state index in [-0.39, 0.29) is 0 Å². The second kappa shape index (κ2) is 3.68. The summed E-state index contributed by atoms with van der Waals surface area (Å²) in [4.78, 5) is 6.02. The Bertz CT molecular complexity index is 828. The van der Waals surface area contributed by atoms with Gasteiger partial charge < -0.3 is 4.40 Å². The average molecular weight is 250 g/mol. The molecule has 3 heterocycles. The third kappa shape index (κ3) is 1.31. The van der Waals surface area contributed by atoms with Crippen molar-refractivity contribution in [2.75, 3.05) is 0 Å². The van der Waals surface area contributed by atoms with Gasteiger partial charge in [0, 0.05) is 6.20 Å². The van der Waals surface area contributed by atoms with Gasteiger partial charge in [0.2, 0.25) is 0 Å². The molecule has 0 atom stereocenters. The molecule has 2 nitrogen and oxygen atoms in total. The molecule has 3 aromatic heterocycles. The van der Waals surface area contributed by atoms with Crippen molar-refractivity contribution in [2.45, 2.75) is 0 Å². The lowest BCUT2D eigenvalue weighted by molar-refractivity contribution is 1.23. The van der Waals surface area contributed by atoms with Crippen molar-refractivity contribution in [3.8, 4) is 10.6 Å². The first kappa shape index (κ1) is 9.85. The number of hydrogen-bond acceptors (Lipinski definition) is 2. The minimum Gasteiger partial charge on any atom is -0.313 e. The van der Waals surface area contributed by atoms with Crippen LogP contribution >= 0.6 is 11.3 Å². The summed E-state index contributed by atoms with van der Waals surface area (Å²) in [5, 5.41) is 2.09. The zero-order valence-electron chi connectivity index (χ0n) is 9.58. The maximum atomic E-state index is 4.81. The molecule has 0 unspecified atom stereocenters. The summed E-state index contributed by atoms with van der Waals surface area (Å²) >= 11 is 1.73.